The molecule has 2 rings (SSSR count). The Balaban J connectivity index is 2.18. The van der Waals surface area contributed by atoms with Gasteiger partial charge >= 0.3 is 7.12 Å². The van der Waals surface area contributed by atoms with E-state index in [1.54, 1.807) is 18.2 Å². The molecule has 0 spiro atoms. The van der Waals surface area contributed by atoms with Crippen molar-refractivity contribution in [1.82, 2.24) is 4.98 Å². The van der Waals surface area contributed by atoms with E-state index >= 15 is 0 Å². The number of hydrogen-bond donors (Lipinski definition) is 3. The summed E-state index contributed by atoms with van der Waals surface area (Å²) >= 11 is 0. The first-order chi connectivity index (χ1) is 7.16. The molecule has 1 saturated heterocycles. The number of aliphatic hydroxyl groups excluding tert-OH is 1. The van der Waals surface area contributed by atoms with Gasteiger partial charge in [0.1, 0.15) is 5.82 Å². The number of rotatable bonds is 2. The minimum atomic E-state index is -1.54. The van der Waals surface area contributed by atoms with Gasteiger partial charge in [0.25, 0.3) is 0 Å². The van der Waals surface area contributed by atoms with Crippen LogP contribution in [0.15, 0.2) is 18.2 Å². The fraction of sp³-hybridized carbons (Fsp3) is 0.444. The van der Waals surface area contributed by atoms with Crippen LogP contribution in [0.5, 0.6) is 0 Å². The molecule has 0 bridgehead atoms. The van der Waals surface area contributed by atoms with Crippen molar-refractivity contribution in [3.8, 4) is 0 Å². The Labute approximate surface area is 88.1 Å². The summed E-state index contributed by atoms with van der Waals surface area (Å²) in [5, 5.41) is 27.3. The molecule has 0 aromatic carbocycles. The molecular weight excluding hydrogens is 195 g/mol. The molecule has 2 heterocycles. The highest BCUT2D eigenvalue weighted by Gasteiger charge is 2.22. The zero-order valence-corrected chi connectivity index (χ0v) is 8.24. The fourth-order valence-corrected chi connectivity index (χ4v) is 1.71. The molecule has 15 heavy (non-hydrogen) atoms. The Morgan fingerprint density at radius 1 is 1.40 bits per heavy atom. The number of anilines is 1. The van der Waals surface area contributed by atoms with Crippen molar-refractivity contribution in [2.24, 2.45) is 0 Å². The molecule has 1 atom stereocenters. The van der Waals surface area contributed by atoms with Gasteiger partial charge in [0, 0.05) is 13.1 Å². The van der Waals surface area contributed by atoms with E-state index in [9.17, 15) is 5.11 Å². The summed E-state index contributed by atoms with van der Waals surface area (Å²) in [7, 11) is -1.54. The van der Waals surface area contributed by atoms with Crippen molar-refractivity contribution in [1.29, 1.82) is 0 Å². The smallest absolute Gasteiger partial charge is 0.422 e. The second-order valence-corrected chi connectivity index (χ2v) is 3.68. The van der Waals surface area contributed by atoms with E-state index in [0.717, 1.165) is 13.0 Å². The summed E-state index contributed by atoms with van der Waals surface area (Å²) in [5.41, 5.74) is 0.230. The van der Waals surface area contributed by atoms with E-state index < -0.39 is 7.12 Å². The normalized spacial score (nSPS) is 20.7. The molecular formula is C9H13BN2O3. The summed E-state index contributed by atoms with van der Waals surface area (Å²) in [6.45, 7) is 1.30. The zero-order valence-electron chi connectivity index (χ0n) is 8.24. The molecule has 80 valence electrons. The lowest BCUT2D eigenvalue weighted by Gasteiger charge is -2.17. The van der Waals surface area contributed by atoms with Crippen LogP contribution in [0.4, 0.5) is 5.82 Å². The van der Waals surface area contributed by atoms with Gasteiger partial charge in [0.15, 0.2) is 0 Å². The molecule has 5 nitrogen and oxygen atoms in total. The van der Waals surface area contributed by atoms with Crippen molar-refractivity contribution < 1.29 is 15.2 Å². The lowest BCUT2D eigenvalue weighted by molar-refractivity contribution is 0.198. The van der Waals surface area contributed by atoms with Gasteiger partial charge in [-0.1, -0.05) is 6.07 Å². The number of aliphatic hydroxyl groups is 1. The predicted molar refractivity (Wildman–Crippen MR) is 56.9 cm³/mol. The quantitative estimate of drug-likeness (QED) is 0.506. The van der Waals surface area contributed by atoms with Crippen LogP contribution in [-0.4, -0.2) is 46.5 Å². The maximum atomic E-state index is 9.37. The van der Waals surface area contributed by atoms with E-state index in [0.29, 0.717) is 12.4 Å². The molecule has 1 unspecified atom stereocenters. The van der Waals surface area contributed by atoms with Crippen molar-refractivity contribution in [2.45, 2.75) is 12.5 Å². The van der Waals surface area contributed by atoms with Gasteiger partial charge in [-0.05, 0) is 18.6 Å². The molecule has 0 radical (unpaired) electrons. The summed E-state index contributed by atoms with van der Waals surface area (Å²) in [6, 6.07) is 5.08. The minimum Gasteiger partial charge on any atom is -0.422 e. The largest absolute Gasteiger partial charge is 0.508 e. The monoisotopic (exact) mass is 208 g/mol. The van der Waals surface area contributed by atoms with Crippen molar-refractivity contribution in [3.63, 3.8) is 0 Å². The van der Waals surface area contributed by atoms with E-state index in [4.69, 9.17) is 10.0 Å². The molecule has 3 N–H and O–H groups in total. The first-order valence-corrected chi connectivity index (χ1v) is 4.93. The summed E-state index contributed by atoms with van der Waals surface area (Å²) in [6.07, 6.45) is 0.419. The Bertz CT molecular complexity index is 348. The number of β-amino-alcohol motifs (C(OH)–C–C–N with tert-alkyl or cyclic N) is 1. The second kappa shape index (κ2) is 4.18. The standard InChI is InChI=1S/C9H13BN2O3/c13-7-4-5-12(6-7)9-3-1-2-8(11-9)10(14)15/h1-3,7,13-15H,4-6H2. The lowest BCUT2D eigenvalue weighted by atomic mass is 9.86. The second-order valence-electron chi connectivity index (χ2n) is 3.68. The SMILES string of the molecule is OB(O)c1cccc(N2CCC(O)C2)n1. The van der Waals surface area contributed by atoms with Gasteiger partial charge in [-0.2, -0.15) is 0 Å². The Morgan fingerprint density at radius 3 is 2.80 bits per heavy atom. The number of pyridine rings is 1. The third-order valence-electron chi connectivity index (χ3n) is 2.51. The predicted octanol–water partition coefficient (Wildman–Crippen LogP) is -1.67. The molecule has 6 heteroatoms. The fourth-order valence-electron chi connectivity index (χ4n) is 1.71. The van der Waals surface area contributed by atoms with E-state index in [-0.39, 0.29) is 11.7 Å². The lowest BCUT2D eigenvalue weighted by Crippen LogP contribution is -2.34. The van der Waals surface area contributed by atoms with Crippen LogP contribution in [0, 0.1) is 0 Å². The third kappa shape index (κ3) is 2.28. The van der Waals surface area contributed by atoms with Gasteiger partial charge in [0.2, 0.25) is 0 Å². The van der Waals surface area contributed by atoms with E-state index in [1.807, 2.05) is 4.90 Å². The summed E-state index contributed by atoms with van der Waals surface area (Å²) < 4.78 is 0. The minimum absolute atomic E-state index is 0.230. The number of aromatic nitrogens is 1. The molecule has 1 aromatic rings. The van der Waals surface area contributed by atoms with Crippen LogP contribution in [-0.2, 0) is 0 Å². The number of hydrogen-bond acceptors (Lipinski definition) is 5. The van der Waals surface area contributed by atoms with Gasteiger partial charge in [-0.3, -0.25) is 0 Å². The van der Waals surface area contributed by atoms with E-state index in [2.05, 4.69) is 4.98 Å². The van der Waals surface area contributed by atoms with Crippen LogP contribution >= 0.6 is 0 Å². The third-order valence-corrected chi connectivity index (χ3v) is 2.51. The molecule has 0 amide bonds. The molecule has 1 aliphatic rings. The first kappa shape index (κ1) is 10.4. The first-order valence-electron chi connectivity index (χ1n) is 4.93. The van der Waals surface area contributed by atoms with Crippen LogP contribution in [0.25, 0.3) is 0 Å². The highest BCUT2D eigenvalue weighted by Crippen LogP contribution is 2.16. The van der Waals surface area contributed by atoms with Gasteiger partial charge in [-0.15, -0.1) is 0 Å². The molecule has 1 aliphatic heterocycles. The molecule has 1 fully saturated rings. The summed E-state index contributed by atoms with van der Waals surface area (Å²) in [4.78, 5) is 6.03. The van der Waals surface area contributed by atoms with Gasteiger partial charge < -0.3 is 20.1 Å². The Morgan fingerprint density at radius 2 is 2.20 bits per heavy atom. The Kier molecular flexibility index (Phi) is 2.90. The highest BCUT2D eigenvalue weighted by atomic mass is 16.4. The zero-order chi connectivity index (χ0) is 10.8. The molecule has 0 aliphatic carbocycles. The average Bonchev–Trinajstić information content (AvgIpc) is 2.65. The number of nitrogens with zero attached hydrogens (tertiary/aromatic N) is 2. The summed E-state index contributed by atoms with van der Waals surface area (Å²) in [5.74, 6) is 0.678. The van der Waals surface area contributed by atoms with Crippen LogP contribution in [0.2, 0.25) is 0 Å². The van der Waals surface area contributed by atoms with Crippen LogP contribution in [0.1, 0.15) is 6.42 Å². The average molecular weight is 208 g/mol. The molecule has 1 aromatic heterocycles. The maximum Gasteiger partial charge on any atom is 0.508 e. The maximum absolute atomic E-state index is 9.37. The van der Waals surface area contributed by atoms with Crippen molar-refractivity contribution >= 4 is 18.5 Å². The van der Waals surface area contributed by atoms with Crippen LogP contribution in [0.3, 0.4) is 0 Å². The Hall–Kier alpha value is -1.11. The van der Waals surface area contributed by atoms with Gasteiger partial charge in [0.05, 0.1) is 11.7 Å². The van der Waals surface area contributed by atoms with Crippen molar-refractivity contribution in [2.75, 3.05) is 18.0 Å². The van der Waals surface area contributed by atoms with Crippen molar-refractivity contribution in [3.05, 3.63) is 18.2 Å². The van der Waals surface area contributed by atoms with Gasteiger partial charge in [-0.25, -0.2) is 4.98 Å². The topological polar surface area (TPSA) is 76.8 Å². The van der Waals surface area contributed by atoms with E-state index in [1.165, 1.54) is 0 Å². The highest BCUT2D eigenvalue weighted by molar-refractivity contribution is 6.57. The van der Waals surface area contributed by atoms with Crippen LogP contribution < -0.4 is 10.5 Å². The molecule has 0 saturated carbocycles.